The van der Waals surface area contributed by atoms with E-state index in [0.717, 1.165) is 0 Å². The summed E-state index contributed by atoms with van der Waals surface area (Å²) in [4.78, 5) is 26.2. The molecule has 0 spiro atoms. The van der Waals surface area contributed by atoms with Crippen LogP contribution in [0.5, 0.6) is 0 Å². The largest absolute Gasteiger partial charge is 0.327 e. The molecule has 0 aliphatic carbocycles. The maximum absolute atomic E-state index is 11.6. The minimum Gasteiger partial charge on any atom is -0.327 e. The van der Waals surface area contributed by atoms with Crippen LogP contribution in [0.2, 0.25) is 0 Å². The van der Waals surface area contributed by atoms with E-state index in [1.165, 1.54) is 23.2 Å². The quantitative estimate of drug-likeness (QED) is 0.690. The molecule has 8 heteroatoms. The van der Waals surface area contributed by atoms with E-state index in [1.54, 1.807) is 0 Å². The van der Waals surface area contributed by atoms with Crippen molar-refractivity contribution in [1.82, 2.24) is 4.98 Å². The zero-order valence-corrected chi connectivity index (χ0v) is 9.61. The third-order valence-corrected chi connectivity index (χ3v) is 3.88. The number of primary sulfonamides is 1. The third-order valence-electron chi connectivity index (χ3n) is 2.63. The lowest BCUT2D eigenvalue weighted by Crippen LogP contribution is -2.32. The number of pyridine rings is 1. The molecular weight excluding hydrogens is 246 g/mol. The second kappa shape index (κ2) is 3.97. The average molecular weight is 257 g/mol. The highest BCUT2D eigenvalue weighted by Gasteiger charge is 2.37. The minimum absolute atomic E-state index is 0.0176. The molecule has 1 saturated heterocycles. The monoisotopic (exact) mass is 257 g/mol. The molecule has 2 rings (SSSR count). The van der Waals surface area contributed by atoms with Crippen LogP contribution in [0.15, 0.2) is 23.1 Å². The number of nitrogens with two attached hydrogens (primary N) is 1. The Kier molecular flexibility index (Phi) is 2.76. The van der Waals surface area contributed by atoms with Gasteiger partial charge < -0.3 is 9.88 Å². The standard InChI is InChI=1S/C9H11N3O4S/c10-17(15,16)7-3-9(14)12(5-7)6-1-2-8(13)11-4-6/h1-2,4,7H,3,5H2,(H,11,13)(H2,10,15,16). The molecule has 1 aromatic heterocycles. The highest BCUT2D eigenvalue weighted by molar-refractivity contribution is 7.89. The molecule has 1 unspecified atom stereocenters. The number of carbonyl (C=O) groups excluding carboxylic acids is 1. The zero-order valence-electron chi connectivity index (χ0n) is 8.79. The van der Waals surface area contributed by atoms with Gasteiger partial charge in [0.15, 0.2) is 0 Å². The molecule has 1 aliphatic rings. The van der Waals surface area contributed by atoms with Crippen LogP contribution in [0, 0.1) is 0 Å². The summed E-state index contributed by atoms with van der Waals surface area (Å²) in [5.74, 6) is -0.323. The Labute approximate surface area is 97.3 Å². The Balaban J connectivity index is 2.27. The fourth-order valence-electron chi connectivity index (χ4n) is 1.71. The van der Waals surface area contributed by atoms with Gasteiger partial charge in [-0.15, -0.1) is 0 Å². The van der Waals surface area contributed by atoms with Crippen molar-refractivity contribution in [3.8, 4) is 0 Å². The molecule has 0 aromatic carbocycles. The van der Waals surface area contributed by atoms with Gasteiger partial charge in [0.2, 0.25) is 21.5 Å². The van der Waals surface area contributed by atoms with E-state index in [-0.39, 0.29) is 24.4 Å². The first kappa shape index (κ1) is 11.8. The molecule has 2 heterocycles. The number of carbonyl (C=O) groups is 1. The number of nitrogens with one attached hydrogen (secondary N) is 1. The van der Waals surface area contributed by atoms with E-state index in [9.17, 15) is 18.0 Å². The number of aromatic amines is 1. The first-order valence-electron chi connectivity index (χ1n) is 4.88. The molecular formula is C9H11N3O4S. The van der Waals surface area contributed by atoms with Gasteiger partial charge in [-0.2, -0.15) is 0 Å². The molecule has 3 N–H and O–H groups in total. The van der Waals surface area contributed by atoms with Gasteiger partial charge in [-0.3, -0.25) is 9.59 Å². The van der Waals surface area contributed by atoms with Crippen LogP contribution in [0.3, 0.4) is 0 Å². The van der Waals surface area contributed by atoms with Crippen LogP contribution in [-0.4, -0.2) is 31.1 Å². The average Bonchev–Trinajstić information content (AvgIpc) is 2.61. The van der Waals surface area contributed by atoms with Crippen LogP contribution >= 0.6 is 0 Å². The maximum Gasteiger partial charge on any atom is 0.248 e. The SMILES string of the molecule is NS(=O)(=O)C1CC(=O)N(c2ccc(=O)[nH]c2)C1. The minimum atomic E-state index is -3.72. The van der Waals surface area contributed by atoms with Crippen molar-refractivity contribution in [2.45, 2.75) is 11.7 Å². The summed E-state index contributed by atoms with van der Waals surface area (Å²) in [5.41, 5.74) is 0.171. The Morgan fingerprint density at radius 2 is 2.06 bits per heavy atom. The molecule has 0 saturated carbocycles. The van der Waals surface area contributed by atoms with Crippen LogP contribution in [0.1, 0.15) is 6.42 Å². The Morgan fingerprint density at radius 3 is 2.53 bits per heavy atom. The number of hydrogen-bond donors (Lipinski definition) is 2. The lowest BCUT2D eigenvalue weighted by Gasteiger charge is -2.15. The number of hydrogen-bond acceptors (Lipinski definition) is 4. The van der Waals surface area contributed by atoms with Gasteiger partial charge >= 0.3 is 0 Å². The number of amides is 1. The number of sulfonamides is 1. The first-order valence-corrected chi connectivity index (χ1v) is 6.49. The highest BCUT2D eigenvalue weighted by atomic mass is 32.2. The zero-order chi connectivity index (χ0) is 12.6. The molecule has 1 fully saturated rings. The van der Waals surface area contributed by atoms with E-state index in [2.05, 4.69) is 4.98 Å². The molecule has 1 amide bonds. The van der Waals surface area contributed by atoms with E-state index in [1.807, 2.05) is 0 Å². The third kappa shape index (κ3) is 2.37. The highest BCUT2D eigenvalue weighted by Crippen LogP contribution is 2.22. The lowest BCUT2D eigenvalue weighted by atomic mass is 10.4. The van der Waals surface area contributed by atoms with Gasteiger partial charge in [0.05, 0.1) is 5.69 Å². The van der Waals surface area contributed by atoms with Gasteiger partial charge in [-0.05, 0) is 6.07 Å². The first-order chi connectivity index (χ1) is 7.88. The number of aromatic nitrogens is 1. The number of H-pyrrole nitrogens is 1. The van der Waals surface area contributed by atoms with E-state index in [0.29, 0.717) is 5.69 Å². The summed E-state index contributed by atoms with van der Waals surface area (Å²) in [5, 5.41) is 4.12. The van der Waals surface area contributed by atoms with E-state index < -0.39 is 15.3 Å². The summed E-state index contributed by atoms with van der Waals surface area (Å²) in [7, 11) is -3.72. The number of anilines is 1. The second-order valence-electron chi connectivity index (χ2n) is 3.83. The van der Waals surface area contributed by atoms with Gasteiger partial charge in [0.25, 0.3) is 0 Å². The molecule has 1 atom stereocenters. The summed E-state index contributed by atoms with van der Waals surface area (Å²) in [6.45, 7) is 0.0176. The van der Waals surface area contributed by atoms with Crippen molar-refractivity contribution < 1.29 is 13.2 Å². The van der Waals surface area contributed by atoms with Crippen molar-refractivity contribution in [1.29, 1.82) is 0 Å². The van der Waals surface area contributed by atoms with Crippen LogP contribution in [0.4, 0.5) is 5.69 Å². The van der Waals surface area contributed by atoms with Gasteiger partial charge in [-0.1, -0.05) is 0 Å². The molecule has 1 aliphatic heterocycles. The molecule has 7 nitrogen and oxygen atoms in total. The summed E-state index contributed by atoms with van der Waals surface area (Å²) >= 11 is 0. The molecule has 0 radical (unpaired) electrons. The van der Waals surface area contributed by atoms with Crippen LogP contribution in [-0.2, 0) is 14.8 Å². The van der Waals surface area contributed by atoms with E-state index >= 15 is 0 Å². The topological polar surface area (TPSA) is 113 Å². The summed E-state index contributed by atoms with van der Waals surface area (Å²) < 4.78 is 22.3. The smallest absolute Gasteiger partial charge is 0.248 e. The van der Waals surface area contributed by atoms with Crippen molar-refractivity contribution in [2.24, 2.45) is 5.14 Å². The van der Waals surface area contributed by atoms with Gasteiger partial charge in [0, 0.05) is 25.2 Å². The lowest BCUT2D eigenvalue weighted by molar-refractivity contribution is -0.117. The molecule has 92 valence electrons. The maximum atomic E-state index is 11.6. The van der Waals surface area contributed by atoms with Gasteiger partial charge in [0.1, 0.15) is 5.25 Å². The number of nitrogens with zero attached hydrogens (tertiary/aromatic N) is 1. The molecule has 0 bridgehead atoms. The molecule has 1 aromatic rings. The van der Waals surface area contributed by atoms with Crippen molar-refractivity contribution in [2.75, 3.05) is 11.4 Å². The molecule has 17 heavy (non-hydrogen) atoms. The Hall–Kier alpha value is -1.67. The van der Waals surface area contributed by atoms with Crippen molar-refractivity contribution in [3.63, 3.8) is 0 Å². The Morgan fingerprint density at radius 1 is 1.35 bits per heavy atom. The predicted octanol–water partition coefficient (Wildman–Crippen LogP) is -1.23. The van der Waals surface area contributed by atoms with Crippen LogP contribution in [0.25, 0.3) is 0 Å². The normalized spacial score (nSPS) is 20.9. The Bertz CT molecular complexity index is 586. The predicted molar refractivity (Wildman–Crippen MR) is 60.9 cm³/mol. The fourth-order valence-corrected chi connectivity index (χ4v) is 2.45. The van der Waals surface area contributed by atoms with E-state index in [4.69, 9.17) is 5.14 Å². The summed E-state index contributed by atoms with van der Waals surface area (Å²) in [6.07, 6.45) is 1.24. The second-order valence-corrected chi connectivity index (χ2v) is 5.68. The van der Waals surface area contributed by atoms with Gasteiger partial charge in [-0.25, -0.2) is 13.6 Å². The number of rotatable bonds is 2. The summed E-state index contributed by atoms with van der Waals surface area (Å²) in [6, 6.07) is 2.73. The van der Waals surface area contributed by atoms with Crippen LogP contribution < -0.4 is 15.6 Å². The fraction of sp³-hybridized carbons (Fsp3) is 0.333. The van der Waals surface area contributed by atoms with Crippen molar-refractivity contribution in [3.05, 3.63) is 28.7 Å². The van der Waals surface area contributed by atoms with Crippen molar-refractivity contribution >= 4 is 21.6 Å².